The second-order valence-electron chi connectivity index (χ2n) is 13.2. The summed E-state index contributed by atoms with van der Waals surface area (Å²) in [5.41, 5.74) is 4.30. The zero-order chi connectivity index (χ0) is 27.4. The van der Waals surface area contributed by atoms with E-state index < -0.39 is 22.9 Å². The minimum Gasteiger partial charge on any atom is -0.461 e. The number of rotatable bonds is 2. The standard InChI is InChI=1S/C32H42O5/c1-14(2)21-13-22-18(7)27-30(37-20(9)33)31(22,17(6)12-24(21)35)29-28(36)19(8)26-25(15(3)4)23(34)11-10-16(5)32(26,27)29/h14,16-17,21,27,29-30H,10-13H2,1-9H3. The molecule has 37 heavy (non-hydrogen) atoms. The third-order valence-corrected chi connectivity index (χ3v) is 11.1. The molecule has 3 fully saturated rings. The van der Waals surface area contributed by atoms with Gasteiger partial charge >= 0.3 is 5.97 Å². The molecule has 2 bridgehead atoms. The summed E-state index contributed by atoms with van der Waals surface area (Å²) >= 11 is 0. The molecule has 0 amide bonds. The lowest BCUT2D eigenvalue weighted by molar-refractivity contribution is -0.155. The number of hydrogen-bond donors (Lipinski definition) is 0. The number of hydrogen-bond acceptors (Lipinski definition) is 5. The molecular weight excluding hydrogens is 464 g/mol. The summed E-state index contributed by atoms with van der Waals surface area (Å²) in [6, 6.07) is 0. The van der Waals surface area contributed by atoms with Crippen molar-refractivity contribution in [3.8, 4) is 0 Å². The highest BCUT2D eigenvalue weighted by Crippen LogP contribution is 2.80. The Hall–Kier alpha value is -2.30. The van der Waals surface area contributed by atoms with Crippen molar-refractivity contribution in [1.29, 1.82) is 0 Å². The molecule has 0 N–H and O–H groups in total. The molecule has 3 saturated carbocycles. The number of ether oxygens (including phenoxy) is 1. The Morgan fingerprint density at radius 2 is 1.62 bits per heavy atom. The first-order chi connectivity index (χ1) is 17.2. The smallest absolute Gasteiger partial charge is 0.302 e. The number of ketones is 3. The highest BCUT2D eigenvalue weighted by Gasteiger charge is 2.82. The monoisotopic (exact) mass is 506 g/mol. The van der Waals surface area contributed by atoms with E-state index in [1.807, 2.05) is 20.8 Å². The van der Waals surface area contributed by atoms with E-state index >= 15 is 0 Å². The summed E-state index contributed by atoms with van der Waals surface area (Å²) in [5, 5.41) is 0. The van der Waals surface area contributed by atoms with Gasteiger partial charge < -0.3 is 4.74 Å². The van der Waals surface area contributed by atoms with E-state index in [4.69, 9.17) is 4.74 Å². The van der Waals surface area contributed by atoms with Gasteiger partial charge in [0.15, 0.2) is 11.6 Å². The van der Waals surface area contributed by atoms with Crippen LogP contribution in [0.1, 0.15) is 88.0 Å². The number of carbonyl (C=O) groups is 4. The van der Waals surface area contributed by atoms with Crippen LogP contribution in [0, 0.1) is 46.3 Å². The largest absolute Gasteiger partial charge is 0.461 e. The molecule has 0 radical (unpaired) electrons. The van der Waals surface area contributed by atoms with E-state index in [2.05, 4.69) is 34.6 Å². The van der Waals surface area contributed by atoms with E-state index in [0.29, 0.717) is 31.3 Å². The Balaban J connectivity index is 1.89. The van der Waals surface area contributed by atoms with Gasteiger partial charge in [-0.25, -0.2) is 0 Å². The molecule has 5 rings (SSSR count). The normalized spacial score (nSPS) is 41.1. The summed E-state index contributed by atoms with van der Waals surface area (Å²) < 4.78 is 6.29. The number of fused-ring (bicyclic) bond motifs is 1. The van der Waals surface area contributed by atoms with Crippen LogP contribution in [-0.4, -0.2) is 29.4 Å². The van der Waals surface area contributed by atoms with Gasteiger partial charge in [0.25, 0.3) is 0 Å². The lowest BCUT2D eigenvalue weighted by atomic mass is 9.51. The number of carbonyl (C=O) groups excluding carboxylic acids is 4. The molecule has 0 heterocycles. The predicted molar refractivity (Wildman–Crippen MR) is 141 cm³/mol. The Kier molecular flexibility index (Phi) is 5.94. The molecule has 8 atom stereocenters. The number of allylic oxidation sites excluding steroid dienone is 4. The van der Waals surface area contributed by atoms with Crippen LogP contribution in [0.4, 0.5) is 0 Å². The van der Waals surface area contributed by atoms with Gasteiger partial charge in [0.1, 0.15) is 11.9 Å². The van der Waals surface area contributed by atoms with Crippen molar-refractivity contribution in [1.82, 2.24) is 0 Å². The molecule has 5 aliphatic rings. The fraction of sp³-hybridized carbons (Fsp3) is 0.688. The first-order valence-electron chi connectivity index (χ1n) is 14.1. The van der Waals surface area contributed by atoms with Gasteiger partial charge in [-0.05, 0) is 69.4 Å². The van der Waals surface area contributed by atoms with Crippen LogP contribution < -0.4 is 0 Å². The Morgan fingerprint density at radius 3 is 2.19 bits per heavy atom. The van der Waals surface area contributed by atoms with Crippen LogP contribution in [0.5, 0.6) is 0 Å². The predicted octanol–water partition coefficient (Wildman–Crippen LogP) is 5.97. The van der Waals surface area contributed by atoms with Gasteiger partial charge in [0, 0.05) is 53.9 Å². The summed E-state index contributed by atoms with van der Waals surface area (Å²) in [4.78, 5) is 54.3. The first kappa shape index (κ1) is 26.3. The molecule has 5 aliphatic carbocycles. The zero-order valence-corrected chi connectivity index (χ0v) is 23.9. The molecule has 0 aromatic carbocycles. The van der Waals surface area contributed by atoms with Crippen molar-refractivity contribution in [3.63, 3.8) is 0 Å². The van der Waals surface area contributed by atoms with Gasteiger partial charge in [-0.2, -0.15) is 0 Å². The molecule has 0 aromatic heterocycles. The molecule has 5 nitrogen and oxygen atoms in total. The second-order valence-corrected chi connectivity index (χ2v) is 13.2. The van der Waals surface area contributed by atoms with Crippen LogP contribution in [0.3, 0.4) is 0 Å². The lowest BCUT2D eigenvalue weighted by Gasteiger charge is -2.50. The molecule has 8 unspecified atom stereocenters. The van der Waals surface area contributed by atoms with Crippen LogP contribution in [0.2, 0.25) is 0 Å². The third kappa shape index (κ3) is 2.97. The van der Waals surface area contributed by atoms with Crippen molar-refractivity contribution >= 4 is 23.3 Å². The quantitative estimate of drug-likeness (QED) is 0.262. The minimum atomic E-state index is -0.728. The van der Waals surface area contributed by atoms with E-state index in [0.717, 1.165) is 16.7 Å². The summed E-state index contributed by atoms with van der Waals surface area (Å²) in [7, 11) is 0. The molecule has 0 aromatic rings. The second kappa shape index (κ2) is 8.35. The fourth-order valence-electron chi connectivity index (χ4n) is 9.85. The van der Waals surface area contributed by atoms with Crippen LogP contribution in [-0.2, 0) is 23.9 Å². The van der Waals surface area contributed by atoms with E-state index in [9.17, 15) is 19.2 Å². The van der Waals surface area contributed by atoms with Crippen molar-refractivity contribution in [2.75, 3.05) is 0 Å². The van der Waals surface area contributed by atoms with Gasteiger partial charge in [-0.1, -0.05) is 44.4 Å². The number of Topliss-reactive ketones (excluding diaryl/α,β-unsaturated/α-hetero) is 3. The molecule has 0 aliphatic heterocycles. The highest BCUT2D eigenvalue weighted by molar-refractivity contribution is 6.11. The van der Waals surface area contributed by atoms with Gasteiger partial charge in [-0.15, -0.1) is 0 Å². The van der Waals surface area contributed by atoms with Crippen LogP contribution in [0.15, 0.2) is 33.4 Å². The minimum absolute atomic E-state index is 0.0562. The van der Waals surface area contributed by atoms with E-state index in [-0.39, 0.29) is 52.9 Å². The maximum atomic E-state index is 14.6. The number of esters is 1. The van der Waals surface area contributed by atoms with Gasteiger partial charge in [0.05, 0.1) is 0 Å². The average Bonchev–Trinajstić information content (AvgIpc) is 3.19. The maximum Gasteiger partial charge on any atom is 0.302 e. The van der Waals surface area contributed by atoms with E-state index in [1.165, 1.54) is 18.1 Å². The lowest BCUT2D eigenvalue weighted by Crippen LogP contribution is -2.49. The van der Waals surface area contributed by atoms with Crippen molar-refractivity contribution < 1.29 is 23.9 Å². The van der Waals surface area contributed by atoms with Crippen molar-refractivity contribution in [2.45, 2.75) is 94.1 Å². The van der Waals surface area contributed by atoms with Gasteiger partial charge in [0.2, 0.25) is 0 Å². The fourth-order valence-corrected chi connectivity index (χ4v) is 9.85. The summed E-state index contributed by atoms with van der Waals surface area (Å²) in [5.74, 6) is -0.510. The molecule has 200 valence electrons. The van der Waals surface area contributed by atoms with Crippen molar-refractivity contribution in [3.05, 3.63) is 33.4 Å². The SMILES string of the molecule is CC(=O)OC1C2C(C)=C3CC(C(C)C)C(=O)CC(C)C31C1C(=O)C(C)=C3C(=C(C)C)C(=O)CCC(C)C321. The summed E-state index contributed by atoms with van der Waals surface area (Å²) in [6.07, 6.45) is 1.65. The zero-order valence-electron chi connectivity index (χ0n) is 23.9. The molecule has 5 heteroatoms. The van der Waals surface area contributed by atoms with Crippen LogP contribution >= 0.6 is 0 Å². The maximum absolute atomic E-state index is 14.6. The topological polar surface area (TPSA) is 77.5 Å². The Bertz CT molecular complexity index is 1220. The Morgan fingerprint density at radius 1 is 0.973 bits per heavy atom. The first-order valence-corrected chi connectivity index (χ1v) is 14.1. The molecular formula is C32H42O5. The third-order valence-electron chi connectivity index (χ3n) is 11.1. The average molecular weight is 507 g/mol. The highest BCUT2D eigenvalue weighted by atomic mass is 16.5. The van der Waals surface area contributed by atoms with Crippen molar-refractivity contribution in [2.24, 2.45) is 46.3 Å². The summed E-state index contributed by atoms with van der Waals surface area (Å²) in [6.45, 7) is 17.9. The van der Waals surface area contributed by atoms with Crippen LogP contribution in [0.25, 0.3) is 0 Å². The molecule has 0 saturated heterocycles. The Labute approximate surface area is 221 Å². The molecule has 2 spiro atoms. The van der Waals surface area contributed by atoms with Gasteiger partial charge in [-0.3, -0.25) is 19.2 Å². The van der Waals surface area contributed by atoms with E-state index in [1.54, 1.807) is 0 Å².